The third-order valence-corrected chi connectivity index (χ3v) is 4.43. The molecule has 0 aliphatic heterocycles. The average molecular weight is 318 g/mol. The predicted molar refractivity (Wildman–Crippen MR) is 80.4 cm³/mol. The van der Waals surface area contributed by atoms with Crippen molar-refractivity contribution in [2.75, 3.05) is 42.0 Å². The summed E-state index contributed by atoms with van der Waals surface area (Å²) in [5.41, 5.74) is 0.881. The number of benzene rings is 1. The Labute approximate surface area is 126 Å². The number of hydrogen-bond donors (Lipinski definition) is 1. The van der Waals surface area contributed by atoms with E-state index in [4.69, 9.17) is 14.2 Å². The molecule has 0 heterocycles. The fourth-order valence-corrected chi connectivity index (χ4v) is 2.35. The second kappa shape index (κ2) is 7.48. The van der Waals surface area contributed by atoms with E-state index < -0.39 is 10.2 Å². The van der Waals surface area contributed by atoms with Gasteiger partial charge < -0.3 is 14.2 Å². The number of methoxy groups -OCH3 is 3. The Bertz CT molecular complexity index is 547. The van der Waals surface area contributed by atoms with E-state index in [2.05, 4.69) is 4.72 Å². The number of rotatable bonds is 8. The quantitative estimate of drug-likeness (QED) is 0.761. The Kier molecular flexibility index (Phi) is 6.25. The molecule has 0 unspecified atom stereocenters. The first-order valence-electron chi connectivity index (χ1n) is 6.31. The maximum absolute atomic E-state index is 11.6. The maximum Gasteiger partial charge on any atom is 0.278 e. The van der Waals surface area contributed by atoms with Gasteiger partial charge in [-0.1, -0.05) is 0 Å². The minimum Gasteiger partial charge on any atom is -0.493 e. The van der Waals surface area contributed by atoms with Crippen LogP contribution in [0.5, 0.6) is 17.2 Å². The van der Waals surface area contributed by atoms with Gasteiger partial charge in [0.05, 0.1) is 21.3 Å². The summed E-state index contributed by atoms with van der Waals surface area (Å²) in [7, 11) is 4.14. The molecule has 0 radical (unpaired) electrons. The zero-order valence-electron chi connectivity index (χ0n) is 13.0. The van der Waals surface area contributed by atoms with Crippen LogP contribution in [0, 0.1) is 0 Å². The lowest BCUT2D eigenvalue weighted by molar-refractivity contribution is 0.324. The Balaban J connectivity index is 2.85. The van der Waals surface area contributed by atoms with E-state index >= 15 is 0 Å². The molecule has 0 aliphatic carbocycles. The normalized spacial score (nSPS) is 11.5. The van der Waals surface area contributed by atoms with Gasteiger partial charge in [-0.05, 0) is 24.1 Å². The van der Waals surface area contributed by atoms with Crippen LogP contribution in [0.3, 0.4) is 0 Å². The topological polar surface area (TPSA) is 77.1 Å². The van der Waals surface area contributed by atoms with Crippen molar-refractivity contribution < 1.29 is 22.6 Å². The van der Waals surface area contributed by atoms with Crippen LogP contribution in [0.25, 0.3) is 0 Å². The summed E-state index contributed by atoms with van der Waals surface area (Å²) >= 11 is 0. The van der Waals surface area contributed by atoms with E-state index in [9.17, 15) is 8.42 Å². The number of hydrogen-bond acceptors (Lipinski definition) is 5. The van der Waals surface area contributed by atoms with Gasteiger partial charge in [0.2, 0.25) is 5.75 Å². The molecule has 8 heteroatoms. The van der Waals surface area contributed by atoms with Gasteiger partial charge in [0.1, 0.15) is 0 Å². The molecular formula is C13H22N2O5S. The largest absolute Gasteiger partial charge is 0.493 e. The summed E-state index contributed by atoms with van der Waals surface area (Å²) < 4.78 is 42.6. The predicted octanol–water partition coefficient (Wildman–Crippen LogP) is 0.651. The van der Waals surface area contributed by atoms with Crippen molar-refractivity contribution in [3.63, 3.8) is 0 Å². The number of nitrogens with one attached hydrogen (secondary N) is 1. The van der Waals surface area contributed by atoms with Crippen LogP contribution in [-0.2, 0) is 16.6 Å². The number of nitrogens with zero attached hydrogens (tertiary/aromatic N) is 1. The van der Waals surface area contributed by atoms with Crippen LogP contribution >= 0.6 is 0 Å². The van der Waals surface area contributed by atoms with Crippen molar-refractivity contribution in [2.45, 2.75) is 6.42 Å². The minimum absolute atomic E-state index is 0.277. The molecule has 1 aromatic carbocycles. The molecule has 0 aromatic heterocycles. The van der Waals surface area contributed by atoms with Crippen molar-refractivity contribution in [3.05, 3.63) is 17.7 Å². The van der Waals surface area contributed by atoms with Gasteiger partial charge >= 0.3 is 0 Å². The standard InChI is InChI=1S/C13H22N2O5S/c1-15(2)21(16,17)14-7-6-10-8-11(18-3)13(20-5)12(9-10)19-4/h8-9,14H,6-7H2,1-5H3. The molecule has 0 saturated carbocycles. The molecule has 0 amide bonds. The molecule has 0 spiro atoms. The molecule has 0 fully saturated rings. The first-order valence-corrected chi connectivity index (χ1v) is 7.75. The summed E-state index contributed by atoms with van der Waals surface area (Å²) in [5, 5.41) is 0. The molecule has 0 aliphatic rings. The highest BCUT2D eigenvalue weighted by molar-refractivity contribution is 7.87. The molecule has 1 N–H and O–H groups in total. The summed E-state index contributed by atoms with van der Waals surface area (Å²) in [6, 6.07) is 3.59. The fraction of sp³-hybridized carbons (Fsp3) is 0.538. The summed E-state index contributed by atoms with van der Waals surface area (Å²) in [6.07, 6.45) is 0.504. The molecule has 21 heavy (non-hydrogen) atoms. The molecule has 0 atom stereocenters. The van der Waals surface area contributed by atoms with Crippen LogP contribution in [0.4, 0.5) is 0 Å². The zero-order chi connectivity index (χ0) is 16.0. The van der Waals surface area contributed by atoms with Gasteiger partial charge in [0, 0.05) is 20.6 Å². The average Bonchev–Trinajstić information content (AvgIpc) is 2.45. The molecule has 0 saturated heterocycles. The lowest BCUT2D eigenvalue weighted by atomic mass is 10.1. The van der Waals surface area contributed by atoms with Gasteiger partial charge in [-0.2, -0.15) is 12.7 Å². The van der Waals surface area contributed by atoms with E-state index in [1.807, 2.05) is 0 Å². The molecule has 0 bridgehead atoms. The highest BCUT2D eigenvalue weighted by Crippen LogP contribution is 2.38. The van der Waals surface area contributed by atoms with Crippen LogP contribution < -0.4 is 18.9 Å². The lowest BCUT2D eigenvalue weighted by Gasteiger charge is -2.15. The Hall–Kier alpha value is -1.51. The van der Waals surface area contributed by atoms with E-state index in [1.54, 1.807) is 12.1 Å². The molecule has 7 nitrogen and oxygen atoms in total. The van der Waals surface area contributed by atoms with Crippen LogP contribution in [-0.4, -0.2) is 54.7 Å². The second-order valence-corrected chi connectivity index (χ2v) is 6.43. The minimum atomic E-state index is -3.42. The third-order valence-electron chi connectivity index (χ3n) is 2.90. The summed E-state index contributed by atoms with van der Waals surface area (Å²) in [5.74, 6) is 1.60. The third kappa shape index (κ3) is 4.48. The van der Waals surface area contributed by atoms with E-state index in [0.29, 0.717) is 23.7 Å². The Morgan fingerprint density at radius 1 is 1.05 bits per heavy atom. The van der Waals surface area contributed by atoms with Crippen LogP contribution in [0.15, 0.2) is 12.1 Å². The first-order chi connectivity index (χ1) is 9.85. The fourth-order valence-electron chi connectivity index (χ4n) is 1.73. The molecule has 1 aromatic rings. The van der Waals surface area contributed by atoms with E-state index in [1.165, 1.54) is 35.4 Å². The van der Waals surface area contributed by atoms with E-state index in [0.717, 1.165) is 9.87 Å². The SMILES string of the molecule is COc1cc(CCNS(=O)(=O)N(C)C)cc(OC)c1OC. The number of ether oxygens (including phenoxy) is 3. The summed E-state index contributed by atoms with van der Waals surface area (Å²) in [4.78, 5) is 0. The Morgan fingerprint density at radius 3 is 1.95 bits per heavy atom. The highest BCUT2D eigenvalue weighted by Gasteiger charge is 2.15. The zero-order valence-corrected chi connectivity index (χ0v) is 13.8. The monoisotopic (exact) mass is 318 g/mol. The van der Waals surface area contributed by atoms with Crippen molar-refractivity contribution >= 4 is 10.2 Å². The van der Waals surface area contributed by atoms with Gasteiger partial charge in [0.25, 0.3) is 10.2 Å². The highest BCUT2D eigenvalue weighted by atomic mass is 32.2. The lowest BCUT2D eigenvalue weighted by Crippen LogP contribution is -2.36. The first kappa shape index (κ1) is 17.5. The van der Waals surface area contributed by atoms with E-state index in [-0.39, 0.29) is 6.54 Å². The second-order valence-electron chi connectivity index (χ2n) is 4.47. The maximum atomic E-state index is 11.6. The molecule has 1 rings (SSSR count). The Morgan fingerprint density at radius 2 is 1.57 bits per heavy atom. The molecular weight excluding hydrogens is 296 g/mol. The van der Waals surface area contributed by atoms with Crippen molar-refractivity contribution in [3.8, 4) is 17.2 Å². The van der Waals surface area contributed by atoms with Crippen molar-refractivity contribution in [1.82, 2.24) is 9.03 Å². The van der Waals surface area contributed by atoms with Gasteiger partial charge in [-0.25, -0.2) is 4.72 Å². The van der Waals surface area contributed by atoms with Crippen LogP contribution in [0.1, 0.15) is 5.56 Å². The van der Waals surface area contributed by atoms with Crippen molar-refractivity contribution in [2.24, 2.45) is 0 Å². The van der Waals surface area contributed by atoms with Gasteiger partial charge in [0.15, 0.2) is 11.5 Å². The summed E-state index contributed by atoms with van der Waals surface area (Å²) in [6.45, 7) is 0.277. The van der Waals surface area contributed by atoms with Gasteiger partial charge in [-0.3, -0.25) is 0 Å². The smallest absolute Gasteiger partial charge is 0.278 e. The van der Waals surface area contributed by atoms with Gasteiger partial charge in [-0.15, -0.1) is 0 Å². The van der Waals surface area contributed by atoms with Crippen LogP contribution in [0.2, 0.25) is 0 Å². The van der Waals surface area contributed by atoms with Crippen molar-refractivity contribution in [1.29, 1.82) is 0 Å². The molecule has 120 valence electrons.